The summed E-state index contributed by atoms with van der Waals surface area (Å²) in [4.78, 5) is 25.1. The zero-order chi connectivity index (χ0) is 23.1. The SMILES string of the molecule is COC(=O)c1cccc(NC(=O)c2ccc(NC(=S)CCc3ccc(C)cc3)c(C)c2)c1. The Morgan fingerprint density at radius 3 is 2.34 bits per heavy atom. The maximum atomic E-state index is 12.7. The number of aryl methyl sites for hydroxylation is 3. The molecule has 0 heterocycles. The second kappa shape index (κ2) is 10.7. The number of thiocarbonyl (C=S) groups is 1. The van der Waals surface area contributed by atoms with E-state index in [0.29, 0.717) is 16.8 Å². The van der Waals surface area contributed by atoms with E-state index in [1.54, 1.807) is 30.3 Å². The molecule has 3 aromatic carbocycles. The van der Waals surface area contributed by atoms with Gasteiger partial charge in [0.2, 0.25) is 0 Å². The molecular formula is C26H26N2O3S. The van der Waals surface area contributed by atoms with Gasteiger partial charge in [-0.25, -0.2) is 4.79 Å². The van der Waals surface area contributed by atoms with Crippen molar-refractivity contribution in [1.29, 1.82) is 0 Å². The van der Waals surface area contributed by atoms with Crippen LogP contribution in [0, 0.1) is 13.8 Å². The standard InChI is InChI=1S/C26H26N2O3S/c1-17-7-9-19(10-8-17)11-14-24(32)28-23-13-12-20(15-18(23)2)25(29)27-22-6-4-5-21(16-22)26(30)31-3/h4-10,12-13,15-16H,11,14H2,1-3H3,(H,27,29)(H,28,32). The molecule has 164 valence electrons. The van der Waals surface area contributed by atoms with Crippen molar-refractivity contribution in [2.24, 2.45) is 0 Å². The Kier molecular flexibility index (Phi) is 7.73. The molecule has 0 aromatic heterocycles. The minimum atomic E-state index is -0.453. The number of rotatable bonds is 7. The lowest BCUT2D eigenvalue weighted by Gasteiger charge is -2.13. The molecule has 0 fully saturated rings. The number of benzene rings is 3. The Morgan fingerprint density at radius 1 is 0.906 bits per heavy atom. The van der Waals surface area contributed by atoms with Crippen molar-refractivity contribution < 1.29 is 14.3 Å². The van der Waals surface area contributed by atoms with Gasteiger partial charge in [-0.15, -0.1) is 0 Å². The molecular weight excluding hydrogens is 420 g/mol. The van der Waals surface area contributed by atoms with Gasteiger partial charge in [0.05, 0.1) is 17.7 Å². The fourth-order valence-corrected chi connectivity index (χ4v) is 3.43. The third-order valence-electron chi connectivity index (χ3n) is 5.07. The largest absolute Gasteiger partial charge is 0.465 e. The van der Waals surface area contributed by atoms with Crippen LogP contribution < -0.4 is 10.6 Å². The lowest BCUT2D eigenvalue weighted by molar-refractivity contribution is 0.0600. The number of ether oxygens (including phenoxy) is 1. The summed E-state index contributed by atoms with van der Waals surface area (Å²) in [6, 6.07) is 20.5. The van der Waals surface area contributed by atoms with Crippen LogP contribution in [0.25, 0.3) is 0 Å². The number of hydrogen-bond donors (Lipinski definition) is 2. The molecule has 2 N–H and O–H groups in total. The van der Waals surface area contributed by atoms with E-state index in [9.17, 15) is 9.59 Å². The topological polar surface area (TPSA) is 67.4 Å². The van der Waals surface area contributed by atoms with Crippen molar-refractivity contribution in [3.8, 4) is 0 Å². The van der Waals surface area contributed by atoms with Gasteiger partial charge in [0, 0.05) is 23.4 Å². The molecule has 0 saturated carbocycles. The van der Waals surface area contributed by atoms with E-state index >= 15 is 0 Å². The molecule has 1 amide bonds. The highest BCUT2D eigenvalue weighted by atomic mass is 32.1. The highest BCUT2D eigenvalue weighted by Crippen LogP contribution is 2.19. The molecule has 0 unspecified atom stereocenters. The Morgan fingerprint density at radius 2 is 1.66 bits per heavy atom. The normalized spacial score (nSPS) is 10.3. The van der Waals surface area contributed by atoms with Crippen LogP contribution in [0.3, 0.4) is 0 Å². The van der Waals surface area contributed by atoms with Gasteiger partial charge in [0.1, 0.15) is 0 Å². The van der Waals surface area contributed by atoms with Crippen molar-refractivity contribution in [2.45, 2.75) is 26.7 Å². The van der Waals surface area contributed by atoms with Crippen LogP contribution in [0.1, 0.15) is 43.8 Å². The van der Waals surface area contributed by atoms with Crippen LogP contribution in [0.4, 0.5) is 11.4 Å². The van der Waals surface area contributed by atoms with Crippen molar-refractivity contribution in [3.05, 3.63) is 94.5 Å². The molecule has 0 aliphatic heterocycles. The predicted octanol–water partition coefficient (Wildman–Crippen LogP) is 5.71. The monoisotopic (exact) mass is 446 g/mol. The first-order valence-corrected chi connectivity index (χ1v) is 10.7. The van der Waals surface area contributed by atoms with Gasteiger partial charge in [-0.05, 0) is 67.8 Å². The third kappa shape index (κ3) is 6.25. The van der Waals surface area contributed by atoms with Gasteiger partial charge in [-0.1, -0.05) is 48.1 Å². The Bertz CT molecular complexity index is 1140. The van der Waals surface area contributed by atoms with E-state index in [4.69, 9.17) is 17.0 Å². The number of methoxy groups -OCH3 is 1. The first kappa shape index (κ1) is 23.2. The van der Waals surface area contributed by atoms with Gasteiger partial charge in [-0.2, -0.15) is 0 Å². The summed E-state index contributed by atoms with van der Waals surface area (Å²) < 4.78 is 4.72. The van der Waals surface area contributed by atoms with Crippen LogP contribution >= 0.6 is 12.2 Å². The molecule has 0 saturated heterocycles. The number of carbonyl (C=O) groups excluding carboxylic acids is 2. The highest BCUT2D eigenvalue weighted by molar-refractivity contribution is 7.80. The highest BCUT2D eigenvalue weighted by Gasteiger charge is 2.11. The maximum Gasteiger partial charge on any atom is 0.337 e. The summed E-state index contributed by atoms with van der Waals surface area (Å²) in [5, 5.41) is 6.10. The molecule has 3 rings (SSSR count). The molecule has 6 heteroatoms. The van der Waals surface area contributed by atoms with Crippen LogP contribution in [0.5, 0.6) is 0 Å². The van der Waals surface area contributed by atoms with Gasteiger partial charge in [0.15, 0.2) is 0 Å². The number of esters is 1. The van der Waals surface area contributed by atoms with E-state index in [-0.39, 0.29) is 5.91 Å². The van der Waals surface area contributed by atoms with Crippen molar-refractivity contribution >= 4 is 40.5 Å². The molecule has 0 bridgehead atoms. The average molecular weight is 447 g/mol. The van der Waals surface area contributed by atoms with E-state index in [2.05, 4.69) is 41.8 Å². The predicted molar refractivity (Wildman–Crippen MR) is 133 cm³/mol. The summed E-state index contributed by atoms with van der Waals surface area (Å²) in [6.07, 6.45) is 1.62. The summed E-state index contributed by atoms with van der Waals surface area (Å²) >= 11 is 5.51. The zero-order valence-electron chi connectivity index (χ0n) is 18.4. The zero-order valence-corrected chi connectivity index (χ0v) is 19.2. The third-order valence-corrected chi connectivity index (χ3v) is 5.37. The first-order valence-electron chi connectivity index (χ1n) is 10.3. The van der Waals surface area contributed by atoms with Gasteiger partial charge in [-0.3, -0.25) is 4.79 Å². The van der Waals surface area contributed by atoms with Crippen molar-refractivity contribution in [3.63, 3.8) is 0 Å². The molecule has 32 heavy (non-hydrogen) atoms. The van der Waals surface area contributed by atoms with Gasteiger partial charge in [0.25, 0.3) is 5.91 Å². The number of carbonyl (C=O) groups is 2. The molecule has 3 aromatic rings. The Balaban J connectivity index is 1.60. The lowest BCUT2D eigenvalue weighted by atomic mass is 10.1. The lowest BCUT2D eigenvalue weighted by Crippen LogP contribution is -2.14. The fraction of sp³-hybridized carbons (Fsp3) is 0.192. The molecule has 0 radical (unpaired) electrons. The fourth-order valence-electron chi connectivity index (χ4n) is 3.22. The Labute approximate surface area is 193 Å². The van der Waals surface area contributed by atoms with E-state index in [0.717, 1.165) is 29.1 Å². The smallest absolute Gasteiger partial charge is 0.337 e. The summed E-state index contributed by atoms with van der Waals surface area (Å²) in [5.74, 6) is -0.714. The quantitative estimate of drug-likeness (QED) is 0.359. The Hall–Kier alpha value is -3.51. The number of anilines is 2. The molecule has 0 aliphatic carbocycles. The van der Waals surface area contributed by atoms with Gasteiger partial charge < -0.3 is 15.4 Å². The minimum Gasteiger partial charge on any atom is -0.465 e. The summed E-state index contributed by atoms with van der Waals surface area (Å²) in [6.45, 7) is 4.00. The minimum absolute atomic E-state index is 0.261. The molecule has 0 atom stereocenters. The van der Waals surface area contributed by atoms with E-state index < -0.39 is 5.97 Å². The first-order chi connectivity index (χ1) is 15.4. The number of hydrogen-bond acceptors (Lipinski definition) is 4. The van der Waals surface area contributed by atoms with Gasteiger partial charge >= 0.3 is 5.97 Å². The average Bonchev–Trinajstić information content (AvgIpc) is 2.79. The van der Waals surface area contributed by atoms with Crippen LogP contribution in [-0.4, -0.2) is 24.0 Å². The van der Waals surface area contributed by atoms with Crippen LogP contribution in [0.2, 0.25) is 0 Å². The second-order valence-electron chi connectivity index (χ2n) is 7.59. The molecule has 0 aliphatic rings. The second-order valence-corrected chi connectivity index (χ2v) is 8.08. The van der Waals surface area contributed by atoms with Crippen molar-refractivity contribution in [1.82, 2.24) is 0 Å². The maximum absolute atomic E-state index is 12.7. The van der Waals surface area contributed by atoms with E-state index in [1.807, 2.05) is 19.1 Å². The number of amides is 1. The summed E-state index contributed by atoms with van der Waals surface area (Å²) in [7, 11) is 1.32. The van der Waals surface area contributed by atoms with E-state index in [1.165, 1.54) is 18.2 Å². The number of nitrogens with one attached hydrogen (secondary N) is 2. The van der Waals surface area contributed by atoms with Crippen LogP contribution in [-0.2, 0) is 11.2 Å². The molecule has 0 spiro atoms. The summed E-state index contributed by atoms with van der Waals surface area (Å²) in [5.41, 5.74) is 5.70. The molecule has 5 nitrogen and oxygen atoms in total. The van der Waals surface area contributed by atoms with Crippen molar-refractivity contribution in [2.75, 3.05) is 17.7 Å². The van der Waals surface area contributed by atoms with Crippen LogP contribution in [0.15, 0.2) is 66.7 Å².